The van der Waals surface area contributed by atoms with Gasteiger partial charge in [0.15, 0.2) is 11.5 Å². The molecule has 0 unspecified atom stereocenters. The lowest BCUT2D eigenvalue weighted by Crippen LogP contribution is -2.15. The number of carbonyl (C=O) groups is 1. The molecule has 8 heteroatoms. The van der Waals surface area contributed by atoms with Gasteiger partial charge in [-0.1, -0.05) is 18.2 Å². The van der Waals surface area contributed by atoms with Crippen LogP contribution in [0.5, 0.6) is 23.0 Å². The van der Waals surface area contributed by atoms with E-state index in [-0.39, 0.29) is 5.91 Å². The molecule has 1 N–H and O–H groups in total. The molecule has 5 rings (SSSR count). The van der Waals surface area contributed by atoms with E-state index in [0.717, 1.165) is 40.3 Å². The second-order valence-electron chi connectivity index (χ2n) is 9.09. The average Bonchev–Trinajstić information content (AvgIpc) is 3.46. The van der Waals surface area contributed by atoms with Crippen molar-refractivity contribution in [2.45, 2.75) is 6.42 Å². The summed E-state index contributed by atoms with van der Waals surface area (Å²) in [6.45, 7) is 1.54. The Kier molecular flexibility index (Phi) is 7.72. The molecule has 0 spiro atoms. The van der Waals surface area contributed by atoms with E-state index in [4.69, 9.17) is 14.2 Å². The minimum absolute atomic E-state index is 0.110. The summed E-state index contributed by atoms with van der Waals surface area (Å²) >= 11 is 1.42. The Labute approximate surface area is 225 Å². The summed E-state index contributed by atoms with van der Waals surface area (Å²) in [6, 6.07) is 21.0. The Bertz CT molecular complexity index is 1570. The zero-order chi connectivity index (χ0) is 26.5. The maximum atomic E-state index is 12.4. The van der Waals surface area contributed by atoms with Crippen molar-refractivity contribution in [3.8, 4) is 23.0 Å². The van der Waals surface area contributed by atoms with Crippen LogP contribution in [0.15, 0.2) is 78.3 Å². The number of benzene rings is 3. The average molecular weight is 528 g/mol. The third-order valence-electron chi connectivity index (χ3n) is 6.04. The van der Waals surface area contributed by atoms with Crippen LogP contribution in [0.3, 0.4) is 0 Å². The molecule has 0 aliphatic heterocycles. The van der Waals surface area contributed by atoms with Crippen molar-refractivity contribution >= 4 is 44.6 Å². The minimum atomic E-state index is -0.110. The molecule has 2 heterocycles. The predicted molar refractivity (Wildman–Crippen MR) is 153 cm³/mol. The lowest BCUT2D eigenvalue weighted by atomic mass is 10.1. The van der Waals surface area contributed by atoms with Crippen LogP contribution in [0.4, 0.5) is 5.69 Å². The Balaban J connectivity index is 1.35. The van der Waals surface area contributed by atoms with Gasteiger partial charge in [0.2, 0.25) is 0 Å². The topological polar surface area (TPSA) is 72.9 Å². The molecule has 5 aromatic rings. The molecule has 0 fully saturated rings. The third-order valence-corrected chi connectivity index (χ3v) is 6.91. The zero-order valence-corrected chi connectivity index (χ0v) is 22.4. The molecule has 1 amide bonds. The number of carbonyl (C=O) groups excluding carboxylic acids is 1. The summed E-state index contributed by atoms with van der Waals surface area (Å²) in [4.78, 5) is 19.7. The molecule has 0 atom stereocenters. The van der Waals surface area contributed by atoms with Crippen molar-refractivity contribution in [3.05, 3.63) is 83.2 Å². The Morgan fingerprint density at radius 1 is 0.974 bits per heavy atom. The van der Waals surface area contributed by atoms with Crippen LogP contribution in [-0.4, -0.2) is 50.1 Å². The number of anilines is 1. The maximum Gasteiger partial charge on any atom is 0.265 e. The Morgan fingerprint density at radius 2 is 1.82 bits per heavy atom. The van der Waals surface area contributed by atoms with Gasteiger partial charge in [-0.25, -0.2) is 0 Å². The van der Waals surface area contributed by atoms with Gasteiger partial charge >= 0.3 is 0 Å². The van der Waals surface area contributed by atoms with E-state index in [9.17, 15) is 4.79 Å². The fraction of sp³-hybridized carbons (Fsp3) is 0.200. The van der Waals surface area contributed by atoms with Crippen molar-refractivity contribution in [1.82, 2.24) is 9.88 Å². The summed E-state index contributed by atoms with van der Waals surface area (Å²) in [5.41, 5.74) is 1.51. The number of hydrogen-bond donors (Lipinski definition) is 1. The third kappa shape index (κ3) is 5.88. The van der Waals surface area contributed by atoms with Crippen molar-refractivity contribution in [2.75, 3.05) is 39.7 Å². The summed E-state index contributed by atoms with van der Waals surface area (Å²) in [6.07, 6.45) is 2.64. The van der Waals surface area contributed by atoms with Gasteiger partial charge in [0.25, 0.3) is 5.91 Å². The number of hydrogen-bond acceptors (Lipinski definition) is 7. The molecule has 0 bridgehead atoms. The van der Waals surface area contributed by atoms with Gasteiger partial charge in [0.05, 0.1) is 24.1 Å². The van der Waals surface area contributed by atoms with Gasteiger partial charge in [-0.05, 0) is 79.1 Å². The highest BCUT2D eigenvalue weighted by Gasteiger charge is 2.13. The van der Waals surface area contributed by atoms with E-state index in [2.05, 4.69) is 15.2 Å². The van der Waals surface area contributed by atoms with Crippen LogP contribution in [0.1, 0.15) is 16.1 Å². The largest absolute Gasteiger partial charge is 0.493 e. The van der Waals surface area contributed by atoms with Crippen LogP contribution in [0.25, 0.3) is 21.7 Å². The van der Waals surface area contributed by atoms with E-state index in [1.54, 1.807) is 13.3 Å². The number of pyridine rings is 1. The molecule has 3 aromatic carbocycles. The number of aromatic nitrogens is 1. The van der Waals surface area contributed by atoms with Crippen molar-refractivity contribution in [1.29, 1.82) is 0 Å². The molecule has 2 aromatic heterocycles. The summed E-state index contributed by atoms with van der Waals surface area (Å²) in [7, 11) is 5.72. The fourth-order valence-electron chi connectivity index (χ4n) is 4.15. The summed E-state index contributed by atoms with van der Waals surface area (Å²) in [5, 5.41) is 7.67. The van der Waals surface area contributed by atoms with Gasteiger partial charge in [-0.2, -0.15) is 0 Å². The van der Waals surface area contributed by atoms with Crippen LogP contribution in [0.2, 0.25) is 0 Å². The standard InChI is InChI=1S/C30H29N3O4S/c1-33(2)13-5-14-36-28-19-25-24(18-27(28)35-3)26(11-12-31-25)37-23-10-8-20-16-22(9-7-21(20)17-23)32-30(34)29-6-4-15-38-29/h4,6-12,15-19H,5,13-14H2,1-3H3,(H,32,34). The first-order chi connectivity index (χ1) is 18.5. The normalized spacial score (nSPS) is 11.2. The number of nitrogens with zero attached hydrogens (tertiary/aromatic N) is 2. The number of rotatable bonds is 10. The Hall–Kier alpha value is -4.14. The van der Waals surface area contributed by atoms with Gasteiger partial charge in [0, 0.05) is 29.9 Å². The van der Waals surface area contributed by atoms with E-state index in [1.807, 2.05) is 86.2 Å². The second kappa shape index (κ2) is 11.5. The number of thiophene rings is 1. The molecular weight excluding hydrogens is 498 g/mol. The highest BCUT2D eigenvalue weighted by molar-refractivity contribution is 7.12. The number of methoxy groups -OCH3 is 1. The molecular formula is C30H29N3O4S. The van der Waals surface area contributed by atoms with E-state index in [1.165, 1.54) is 11.3 Å². The van der Waals surface area contributed by atoms with Gasteiger partial charge in [-0.3, -0.25) is 9.78 Å². The molecule has 0 saturated heterocycles. The smallest absolute Gasteiger partial charge is 0.265 e. The summed E-state index contributed by atoms with van der Waals surface area (Å²) < 4.78 is 17.9. The summed E-state index contributed by atoms with van der Waals surface area (Å²) in [5.74, 6) is 2.56. The van der Waals surface area contributed by atoms with Crippen molar-refractivity contribution < 1.29 is 19.0 Å². The lowest BCUT2D eigenvalue weighted by molar-refractivity contribution is 0.103. The maximum absolute atomic E-state index is 12.4. The molecule has 0 aliphatic carbocycles. The molecule has 194 valence electrons. The van der Waals surface area contributed by atoms with Gasteiger partial charge in [0.1, 0.15) is 11.5 Å². The minimum Gasteiger partial charge on any atom is -0.493 e. The SMILES string of the molecule is COc1cc2c(Oc3ccc4cc(NC(=O)c5cccs5)ccc4c3)ccnc2cc1OCCCN(C)C. The van der Waals surface area contributed by atoms with Gasteiger partial charge in [-0.15, -0.1) is 11.3 Å². The molecule has 38 heavy (non-hydrogen) atoms. The molecule has 0 radical (unpaired) electrons. The van der Waals surface area contributed by atoms with Crippen LogP contribution >= 0.6 is 11.3 Å². The van der Waals surface area contributed by atoms with Crippen LogP contribution in [-0.2, 0) is 0 Å². The Morgan fingerprint density at radius 3 is 2.61 bits per heavy atom. The van der Waals surface area contributed by atoms with Crippen LogP contribution in [0, 0.1) is 0 Å². The van der Waals surface area contributed by atoms with Crippen LogP contribution < -0.4 is 19.5 Å². The molecule has 7 nitrogen and oxygen atoms in total. The van der Waals surface area contributed by atoms with Crippen molar-refractivity contribution in [3.63, 3.8) is 0 Å². The quantitative estimate of drug-likeness (QED) is 0.201. The predicted octanol–water partition coefficient (Wildman–Crippen LogP) is 6.83. The molecule has 0 aliphatic rings. The highest BCUT2D eigenvalue weighted by atomic mass is 32.1. The highest BCUT2D eigenvalue weighted by Crippen LogP contribution is 2.37. The number of nitrogens with one attached hydrogen (secondary N) is 1. The number of ether oxygens (including phenoxy) is 3. The molecule has 0 saturated carbocycles. The van der Waals surface area contributed by atoms with Crippen molar-refractivity contribution in [2.24, 2.45) is 0 Å². The lowest BCUT2D eigenvalue weighted by Gasteiger charge is -2.15. The van der Waals surface area contributed by atoms with Gasteiger partial charge < -0.3 is 24.4 Å². The monoisotopic (exact) mass is 527 g/mol. The second-order valence-corrected chi connectivity index (χ2v) is 10.0. The first kappa shape index (κ1) is 25.5. The van der Waals surface area contributed by atoms with E-state index < -0.39 is 0 Å². The number of fused-ring (bicyclic) bond motifs is 2. The zero-order valence-electron chi connectivity index (χ0n) is 21.6. The first-order valence-corrected chi connectivity index (χ1v) is 13.2. The number of amides is 1. The van der Waals surface area contributed by atoms with E-state index in [0.29, 0.717) is 34.5 Å². The van der Waals surface area contributed by atoms with E-state index >= 15 is 0 Å². The first-order valence-electron chi connectivity index (χ1n) is 12.3. The fourth-order valence-corrected chi connectivity index (χ4v) is 4.76.